The maximum atomic E-state index is 2.46. The molecule has 0 heteroatoms. The SMILES string of the molecule is C1=Cc2ccc3c(-c4cc(-c5cc6ccc7cccc8ccc(c5)c6c78)cc(-c5ccc6ccc7cccc8ccc5c6c78)c4)ccc4c3c2C(=CC4)C1. The Morgan fingerprint density at radius 3 is 1.56 bits per heavy atom. The van der Waals surface area contributed by atoms with Crippen molar-refractivity contribution in [2.45, 2.75) is 12.8 Å². The van der Waals surface area contributed by atoms with Crippen LogP contribution in [0.2, 0.25) is 0 Å². The number of hydrogen-bond donors (Lipinski definition) is 0. The van der Waals surface area contributed by atoms with Gasteiger partial charge in [0.2, 0.25) is 0 Å². The molecule has 0 heterocycles. The maximum Gasteiger partial charge on any atom is -0.00206 e. The van der Waals surface area contributed by atoms with Gasteiger partial charge in [-0.2, -0.15) is 0 Å². The molecule has 13 rings (SSSR count). The Kier molecular flexibility index (Phi) is 5.56. The van der Waals surface area contributed by atoms with Gasteiger partial charge in [-0.1, -0.05) is 140 Å². The lowest BCUT2D eigenvalue weighted by Crippen LogP contribution is -2.03. The van der Waals surface area contributed by atoms with Crippen LogP contribution in [0, 0.1) is 0 Å². The molecule has 11 aromatic rings. The lowest BCUT2D eigenvalue weighted by Gasteiger charge is -2.24. The first-order valence-corrected chi connectivity index (χ1v) is 19.2. The highest BCUT2D eigenvalue weighted by molar-refractivity contribution is 6.26. The minimum atomic E-state index is 0.994. The zero-order chi connectivity index (χ0) is 35.1. The lowest BCUT2D eigenvalue weighted by atomic mass is 9.79. The Balaban J connectivity index is 1.11. The van der Waals surface area contributed by atoms with Crippen molar-refractivity contribution < 1.29 is 0 Å². The van der Waals surface area contributed by atoms with Crippen LogP contribution >= 0.6 is 0 Å². The molecule has 0 spiro atoms. The van der Waals surface area contributed by atoms with Crippen LogP contribution in [0.15, 0.2) is 164 Å². The van der Waals surface area contributed by atoms with Crippen molar-refractivity contribution in [1.29, 1.82) is 0 Å². The number of benzene rings is 11. The minimum Gasteiger partial charge on any atom is -0.0795 e. The van der Waals surface area contributed by atoms with E-state index < -0.39 is 0 Å². The van der Waals surface area contributed by atoms with E-state index in [-0.39, 0.29) is 0 Å². The molecule has 0 fully saturated rings. The summed E-state index contributed by atoms with van der Waals surface area (Å²) in [4.78, 5) is 0. The molecule has 0 unspecified atom stereocenters. The van der Waals surface area contributed by atoms with Crippen molar-refractivity contribution in [3.05, 3.63) is 181 Å². The fourth-order valence-corrected chi connectivity index (χ4v) is 10.3. The molecule has 0 saturated heterocycles. The van der Waals surface area contributed by atoms with Gasteiger partial charge in [0.05, 0.1) is 0 Å². The Morgan fingerprint density at radius 1 is 0.352 bits per heavy atom. The summed E-state index contributed by atoms with van der Waals surface area (Å²) in [6, 6.07) is 58.1. The van der Waals surface area contributed by atoms with Crippen molar-refractivity contribution in [3.63, 3.8) is 0 Å². The van der Waals surface area contributed by atoms with Gasteiger partial charge in [0.25, 0.3) is 0 Å². The predicted molar refractivity (Wildman–Crippen MR) is 233 cm³/mol. The third-order valence-corrected chi connectivity index (χ3v) is 12.7. The molecule has 0 saturated carbocycles. The fraction of sp³-hybridized carbons (Fsp3) is 0.0370. The van der Waals surface area contributed by atoms with Gasteiger partial charge in [0.15, 0.2) is 0 Å². The smallest absolute Gasteiger partial charge is 0.00206 e. The van der Waals surface area contributed by atoms with E-state index in [9.17, 15) is 0 Å². The van der Waals surface area contributed by atoms with Gasteiger partial charge in [-0.15, -0.1) is 0 Å². The second kappa shape index (κ2) is 10.4. The molecule has 0 radical (unpaired) electrons. The normalized spacial score (nSPS) is 13.8. The second-order valence-corrected chi connectivity index (χ2v) is 15.5. The first-order valence-electron chi connectivity index (χ1n) is 19.2. The quantitative estimate of drug-likeness (QED) is 0.163. The van der Waals surface area contributed by atoms with Crippen LogP contribution in [0.4, 0.5) is 0 Å². The Morgan fingerprint density at radius 2 is 0.852 bits per heavy atom. The van der Waals surface area contributed by atoms with Crippen molar-refractivity contribution in [2.75, 3.05) is 0 Å². The van der Waals surface area contributed by atoms with E-state index >= 15 is 0 Å². The van der Waals surface area contributed by atoms with Crippen molar-refractivity contribution in [2.24, 2.45) is 0 Å². The van der Waals surface area contributed by atoms with Gasteiger partial charge in [-0.3, -0.25) is 0 Å². The summed E-state index contributed by atoms with van der Waals surface area (Å²) in [5, 5.41) is 18.6. The van der Waals surface area contributed by atoms with Gasteiger partial charge in [-0.05, 0) is 174 Å². The first kappa shape index (κ1) is 28.8. The van der Waals surface area contributed by atoms with Crippen molar-refractivity contribution in [3.8, 4) is 33.4 Å². The highest BCUT2D eigenvalue weighted by atomic mass is 14.3. The molecule has 54 heavy (non-hydrogen) atoms. The monoisotopic (exact) mass is 680 g/mol. The molecule has 0 amide bonds. The fourth-order valence-electron chi connectivity index (χ4n) is 10.3. The summed E-state index contributed by atoms with van der Waals surface area (Å²) >= 11 is 0. The number of allylic oxidation sites excluding steroid dienone is 3. The van der Waals surface area contributed by atoms with Crippen molar-refractivity contribution >= 4 is 87.1 Å². The summed E-state index contributed by atoms with van der Waals surface area (Å²) in [6.07, 6.45) is 9.08. The Labute approximate surface area is 312 Å². The average Bonchev–Trinajstić information content (AvgIpc) is 3.23. The maximum absolute atomic E-state index is 2.46. The minimum absolute atomic E-state index is 0.994. The van der Waals surface area contributed by atoms with Crippen molar-refractivity contribution in [1.82, 2.24) is 0 Å². The molecule has 0 bridgehead atoms. The summed E-state index contributed by atoms with van der Waals surface area (Å²) in [5.41, 5.74) is 13.2. The molecular weight excluding hydrogens is 649 g/mol. The highest BCUT2D eigenvalue weighted by Crippen LogP contribution is 2.46. The first-order chi connectivity index (χ1) is 26.7. The van der Waals surface area contributed by atoms with E-state index in [0.29, 0.717) is 0 Å². The Bertz CT molecular complexity index is 3400. The second-order valence-electron chi connectivity index (χ2n) is 15.5. The lowest BCUT2D eigenvalue weighted by molar-refractivity contribution is 1.23. The van der Waals surface area contributed by atoms with E-state index in [1.165, 1.54) is 131 Å². The molecule has 2 aliphatic rings. The zero-order valence-electron chi connectivity index (χ0n) is 29.6. The predicted octanol–water partition coefficient (Wildman–Crippen LogP) is 15.0. The van der Waals surface area contributed by atoms with Crippen LogP contribution < -0.4 is 0 Å². The molecular formula is C54H32. The third kappa shape index (κ3) is 3.87. The van der Waals surface area contributed by atoms with E-state index in [1.807, 2.05) is 0 Å². The number of hydrogen-bond acceptors (Lipinski definition) is 0. The van der Waals surface area contributed by atoms with Crippen LogP contribution in [0.1, 0.15) is 23.1 Å². The average molecular weight is 681 g/mol. The van der Waals surface area contributed by atoms with Gasteiger partial charge >= 0.3 is 0 Å². The van der Waals surface area contributed by atoms with E-state index in [0.717, 1.165) is 12.8 Å². The molecule has 0 aliphatic heterocycles. The van der Waals surface area contributed by atoms with Crippen LogP contribution in [-0.2, 0) is 6.42 Å². The topological polar surface area (TPSA) is 0 Å². The number of rotatable bonds is 3. The molecule has 11 aromatic carbocycles. The van der Waals surface area contributed by atoms with E-state index in [2.05, 4.69) is 170 Å². The highest BCUT2D eigenvalue weighted by Gasteiger charge is 2.22. The zero-order valence-corrected chi connectivity index (χ0v) is 29.6. The summed E-state index contributed by atoms with van der Waals surface area (Å²) in [6.45, 7) is 0. The Hall–Kier alpha value is -6.76. The molecule has 248 valence electrons. The summed E-state index contributed by atoms with van der Waals surface area (Å²) in [5.74, 6) is 0. The summed E-state index contributed by atoms with van der Waals surface area (Å²) in [7, 11) is 0. The largest absolute Gasteiger partial charge is 0.0795 e. The van der Waals surface area contributed by atoms with Gasteiger partial charge in [-0.25, -0.2) is 0 Å². The molecule has 0 atom stereocenters. The molecule has 0 nitrogen and oxygen atoms in total. The third-order valence-electron chi connectivity index (χ3n) is 12.7. The molecule has 0 aromatic heterocycles. The molecule has 0 N–H and O–H groups in total. The van der Waals surface area contributed by atoms with Gasteiger partial charge < -0.3 is 0 Å². The van der Waals surface area contributed by atoms with Gasteiger partial charge in [0.1, 0.15) is 0 Å². The van der Waals surface area contributed by atoms with E-state index in [4.69, 9.17) is 0 Å². The van der Waals surface area contributed by atoms with Gasteiger partial charge in [0, 0.05) is 0 Å². The van der Waals surface area contributed by atoms with Crippen LogP contribution in [0.3, 0.4) is 0 Å². The van der Waals surface area contributed by atoms with Crippen LogP contribution in [0.5, 0.6) is 0 Å². The van der Waals surface area contributed by atoms with Crippen LogP contribution in [-0.4, -0.2) is 0 Å². The van der Waals surface area contributed by atoms with E-state index in [1.54, 1.807) is 0 Å². The standard InChI is InChI=1S/C54H32/c1-4-31-14-16-39-26-41(27-40-17-15-32(5-1)49(31)52(39)40)42-28-43(45-22-18-37-12-10-33-6-2-8-35-20-24-47(45)53(37)50(33)35)30-44(29-42)46-23-19-38-13-11-34-7-3-9-36-21-25-48(46)54(38)51(34)36/h1-6,8-12,14-30H,7,13H2. The molecule has 2 aliphatic carbocycles. The summed E-state index contributed by atoms with van der Waals surface area (Å²) < 4.78 is 0. The van der Waals surface area contributed by atoms with Crippen LogP contribution in [0.25, 0.3) is 120 Å².